The summed E-state index contributed by atoms with van der Waals surface area (Å²) in [6.45, 7) is 7.62. The molecule has 0 aliphatic carbocycles. The highest BCUT2D eigenvalue weighted by Crippen LogP contribution is 2.32. The standard InChI is InChI=1S/C17H24N2O2/c1-11-6-7-12(2)15(9-11)16-18-13(3)17(20)19(16)14-5-4-8-21-10-14/h6-7,9,13-14,16,18H,4-5,8,10H2,1-3H3. The highest BCUT2D eigenvalue weighted by Gasteiger charge is 2.42. The fourth-order valence-electron chi connectivity index (χ4n) is 3.37. The fraction of sp³-hybridized carbons (Fsp3) is 0.588. The van der Waals surface area contributed by atoms with Gasteiger partial charge in [0.1, 0.15) is 6.17 Å². The molecule has 1 amide bonds. The van der Waals surface area contributed by atoms with E-state index in [9.17, 15) is 4.79 Å². The monoisotopic (exact) mass is 288 g/mol. The number of nitrogens with one attached hydrogen (secondary N) is 1. The smallest absolute Gasteiger partial charge is 0.241 e. The summed E-state index contributed by atoms with van der Waals surface area (Å²) in [5.41, 5.74) is 3.66. The molecule has 3 unspecified atom stereocenters. The number of hydrogen-bond donors (Lipinski definition) is 1. The molecule has 4 heteroatoms. The molecule has 0 saturated carbocycles. The Kier molecular flexibility index (Phi) is 4.00. The Balaban J connectivity index is 1.94. The summed E-state index contributed by atoms with van der Waals surface area (Å²) in [5.74, 6) is 0.191. The lowest BCUT2D eigenvalue weighted by molar-refractivity contribution is -0.135. The van der Waals surface area contributed by atoms with E-state index in [2.05, 4.69) is 37.4 Å². The molecule has 4 nitrogen and oxygen atoms in total. The average molecular weight is 288 g/mol. The highest BCUT2D eigenvalue weighted by molar-refractivity contribution is 5.84. The van der Waals surface area contributed by atoms with Crippen LogP contribution in [0, 0.1) is 13.8 Å². The summed E-state index contributed by atoms with van der Waals surface area (Å²) >= 11 is 0. The van der Waals surface area contributed by atoms with Crippen molar-refractivity contribution < 1.29 is 9.53 Å². The van der Waals surface area contributed by atoms with Crippen LogP contribution >= 0.6 is 0 Å². The third kappa shape index (κ3) is 2.70. The van der Waals surface area contributed by atoms with Gasteiger partial charge in [-0.2, -0.15) is 0 Å². The molecule has 114 valence electrons. The second-order valence-electron chi connectivity index (χ2n) is 6.27. The van der Waals surface area contributed by atoms with Crippen molar-refractivity contribution in [3.63, 3.8) is 0 Å². The van der Waals surface area contributed by atoms with Gasteiger partial charge < -0.3 is 9.64 Å². The molecule has 0 spiro atoms. The van der Waals surface area contributed by atoms with Gasteiger partial charge in [-0.1, -0.05) is 23.8 Å². The molecular formula is C17H24N2O2. The van der Waals surface area contributed by atoms with Crippen molar-refractivity contribution in [3.05, 3.63) is 34.9 Å². The van der Waals surface area contributed by atoms with Gasteiger partial charge in [-0.05, 0) is 44.7 Å². The van der Waals surface area contributed by atoms with Crippen LogP contribution in [-0.2, 0) is 9.53 Å². The summed E-state index contributed by atoms with van der Waals surface area (Å²) in [6.07, 6.45) is 2.03. The molecule has 3 rings (SSSR count). The van der Waals surface area contributed by atoms with Crippen molar-refractivity contribution in [2.24, 2.45) is 0 Å². The number of hydrogen-bond acceptors (Lipinski definition) is 3. The molecule has 1 N–H and O–H groups in total. The molecule has 2 saturated heterocycles. The van der Waals surface area contributed by atoms with Crippen LogP contribution in [-0.4, -0.2) is 36.1 Å². The molecule has 3 atom stereocenters. The van der Waals surface area contributed by atoms with Crippen LogP contribution in [0.25, 0.3) is 0 Å². The summed E-state index contributed by atoms with van der Waals surface area (Å²) in [4.78, 5) is 14.6. The quantitative estimate of drug-likeness (QED) is 0.908. The van der Waals surface area contributed by atoms with Crippen LogP contribution in [0.2, 0.25) is 0 Å². The average Bonchev–Trinajstić information content (AvgIpc) is 2.78. The number of carbonyl (C=O) groups excluding carboxylic acids is 1. The van der Waals surface area contributed by atoms with Gasteiger partial charge in [0.05, 0.1) is 18.7 Å². The highest BCUT2D eigenvalue weighted by atomic mass is 16.5. The van der Waals surface area contributed by atoms with Crippen molar-refractivity contribution >= 4 is 5.91 Å². The van der Waals surface area contributed by atoms with E-state index in [-0.39, 0.29) is 24.2 Å². The molecule has 2 aliphatic heterocycles. The van der Waals surface area contributed by atoms with Crippen molar-refractivity contribution in [1.82, 2.24) is 10.2 Å². The molecule has 2 fully saturated rings. The van der Waals surface area contributed by atoms with E-state index in [1.807, 2.05) is 11.8 Å². The maximum absolute atomic E-state index is 12.6. The van der Waals surface area contributed by atoms with Crippen LogP contribution in [0.3, 0.4) is 0 Å². The summed E-state index contributed by atoms with van der Waals surface area (Å²) in [6, 6.07) is 6.50. The molecule has 1 aromatic rings. The number of benzene rings is 1. The second kappa shape index (κ2) is 5.78. The Hall–Kier alpha value is -1.39. The minimum atomic E-state index is -0.128. The predicted molar refractivity (Wildman–Crippen MR) is 81.9 cm³/mol. The van der Waals surface area contributed by atoms with Crippen molar-refractivity contribution in [2.45, 2.75) is 51.9 Å². The maximum atomic E-state index is 12.6. The van der Waals surface area contributed by atoms with Crippen LogP contribution in [0.1, 0.15) is 42.6 Å². The zero-order valence-corrected chi connectivity index (χ0v) is 13.1. The number of nitrogens with zero attached hydrogens (tertiary/aromatic N) is 1. The Morgan fingerprint density at radius 2 is 2.14 bits per heavy atom. The Morgan fingerprint density at radius 1 is 1.33 bits per heavy atom. The molecule has 0 bridgehead atoms. The minimum absolute atomic E-state index is 0.0286. The van der Waals surface area contributed by atoms with E-state index >= 15 is 0 Å². The van der Waals surface area contributed by atoms with Gasteiger partial charge in [-0.25, -0.2) is 0 Å². The van der Waals surface area contributed by atoms with E-state index in [0.29, 0.717) is 6.61 Å². The summed E-state index contributed by atoms with van der Waals surface area (Å²) in [7, 11) is 0. The van der Waals surface area contributed by atoms with Crippen LogP contribution in [0.5, 0.6) is 0 Å². The minimum Gasteiger partial charge on any atom is -0.379 e. The SMILES string of the molecule is Cc1ccc(C)c(C2NC(C)C(=O)N2C2CCCOC2)c1. The van der Waals surface area contributed by atoms with Gasteiger partial charge in [-0.3, -0.25) is 10.1 Å². The number of ether oxygens (including phenoxy) is 1. The van der Waals surface area contributed by atoms with Crippen LogP contribution in [0.4, 0.5) is 0 Å². The van der Waals surface area contributed by atoms with E-state index in [4.69, 9.17) is 4.74 Å². The lowest BCUT2D eigenvalue weighted by Gasteiger charge is -2.35. The zero-order valence-electron chi connectivity index (χ0n) is 13.1. The van der Waals surface area contributed by atoms with Gasteiger partial charge in [0.15, 0.2) is 0 Å². The van der Waals surface area contributed by atoms with E-state index in [1.54, 1.807) is 0 Å². The first-order valence-electron chi connectivity index (χ1n) is 7.81. The molecule has 2 aliphatic rings. The Labute approximate surface area is 126 Å². The van der Waals surface area contributed by atoms with Gasteiger partial charge in [0.2, 0.25) is 5.91 Å². The Bertz CT molecular complexity index is 538. The molecule has 2 heterocycles. The molecule has 21 heavy (non-hydrogen) atoms. The lowest BCUT2D eigenvalue weighted by atomic mass is 10.0. The molecular weight excluding hydrogens is 264 g/mol. The summed E-state index contributed by atoms with van der Waals surface area (Å²) < 4.78 is 5.59. The fourth-order valence-corrected chi connectivity index (χ4v) is 3.37. The topological polar surface area (TPSA) is 41.6 Å². The van der Waals surface area contributed by atoms with Gasteiger partial charge in [-0.15, -0.1) is 0 Å². The van der Waals surface area contributed by atoms with E-state index in [1.165, 1.54) is 16.7 Å². The van der Waals surface area contributed by atoms with Crippen LogP contribution < -0.4 is 5.32 Å². The van der Waals surface area contributed by atoms with Crippen molar-refractivity contribution in [3.8, 4) is 0 Å². The van der Waals surface area contributed by atoms with Gasteiger partial charge >= 0.3 is 0 Å². The third-order valence-electron chi connectivity index (χ3n) is 4.57. The second-order valence-corrected chi connectivity index (χ2v) is 6.27. The van der Waals surface area contributed by atoms with Crippen molar-refractivity contribution in [2.75, 3.05) is 13.2 Å². The Morgan fingerprint density at radius 3 is 2.86 bits per heavy atom. The number of aryl methyl sites for hydroxylation is 2. The normalized spacial score (nSPS) is 30.0. The van der Waals surface area contributed by atoms with Crippen LogP contribution in [0.15, 0.2) is 18.2 Å². The maximum Gasteiger partial charge on any atom is 0.241 e. The molecule has 0 radical (unpaired) electrons. The first-order chi connectivity index (χ1) is 10.1. The van der Waals surface area contributed by atoms with Crippen molar-refractivity contribution in [1.29, 1.82) is 0 Å². The lowest BCUT2D eigenvalue weighted by Crippen LogP contribution is -2.44. The van der Waals surface area contributed by atoms with E-state index in [0.717, 1.165) is 19.4 Å². The zero-order chi connectivity index (χ0) is 15.0. The molecule has 0 aromatic heterocycles. The number of amides is 1. The largest absolute Gasteiger partial charge is 0.379 e. The number of rotatable bonds is 2. The van der Waals surface area contributed by atoms with Gasteiger partial charge in [0, 0.05) is 6.61 Å². The first kappa shape index (κ1) is 14.5. The van der Waals surface area contributed by atoms with E-state index < -0.39 is 0 Å². The van der Waals surface area contributed by atoms with Gasteiger partial charge in [0.25, 0.3) is 0 Å². The molecule has 1 aromatic carbocycles. The summed E-state index contributed by atoms with van der Waals surface area (Å²) in [5, 5.41) is 3.46. The third-order valence-corrected chi connectivity index (χ3v) is 4.57. The predicted octanol–water partition coefficient (Wildman–Crippen LogP) is 2.30. The number of carbonyl (C=O) groups is 1. The first-order valence-corrected chi connectivity index (χ1v) is 7.81.